The minimum atomic E-state index is 0.973. The van der Waals surface area contributed by atoms with E-state index in [2.05, 4.69) is 142 Å². The molecule has 4 aromatic rings. The molecule has 0 atom stereocenters. The van der Waals surface area contributed by atoms with Gasteiger partial charge >= 0.3 is 0 Å². The fraction of sp³-hybridized carbons (Fsp3) is 0.207. The van der Waals surface area contributed by atoms with Crippen molar-refractivity contribution in [2.75, 3.05) is 57.0 Å². The lowest BCUT2D eigenvalue weighted by molar-refractivity contribution is 1.13. The molecule has 4 nitrogen and oxygen atoms in total. The van der Waals surface area contributed by atoms with E-state index in [9.17, 15) is 0 Å². The Labute approximate surface area is 197 Å². The van der Waals surface area contributed by atoms with Crippen molar-refractivity contribution in [2.45, 2.75) is 0 Å². The highest BCUT2D eigenvalue weighted by atomic mass is 15.1. The summed E-state index contributed by atoms with van der Waals surface area (Å²) in [5.74, 6) is 0. The maximum atomic E-state index is 5.06. The van der Waals surface area contributed by atoms with Crippen LogP contribution in [-0.2, 0) is 0 Å². The van der Waals surface area contributed by atoms with Gasteiger partial charge in [-0.25, -0.2) is 4.98 Å². The summed E-state index contributed by atoms with van der Waals surface area (Å²) < 4.78 is 0. The fourth-order valence-electron chi connectivity index (χ4n) is 3.81. The zero-order valence-electron chi connectivity index (χ0n) is 20.4. The van der Waals surface area contributed by atoms with Crippen LogP contribution in [0.2, 0.25) is 0 Å². The summed E-state index contributed by atoms with van der Waals surface area (Å²) in [6.45, 7) is 0. The minimum Gasteiger partial charge on any atom is -0.378 e. The number of hydrogen-bond acceptors (Lipinski definition) is 4. The number of aromatic nitrogens is 1. The summed E-state index contributed by atoms with van der Waals surface area (Å²) >= 11 is 0. The number of nitrogens with zero attached hydrogens (tertiary/aromatic N) is 4. The molecule has 168 valence electrons. The fourth-order valence-corrected chi connectivity index (χ4v) is 3.81. The highest BCUT2D eigenvalue weighted by molar-refractivity contribution is 5.78. The molecule has 0 fully saturated rings. The van der Waals surface area contributed by atoms with Gasteiger partial charge in [0.15, 0.2) is 0 Å². The summed E-state index contributed by atoms with van der Waals surface area (Å²) in [4.78, 5) is 11.4. The van der Waals surface area contributed by atoms with Crippen LogP contribution in [0.1, 0.15) is 0 Å². The zero-order chi connectivity index (χ0) is 23.5. The van der Waals surface area contributed by atoms with Crippen molar-refractivity contribution >= 4 is 17.1 Å². The average molecular weight is 437 g/mol. The Kier molecular flexibility index (Phi) is 6.36. The monoisotopic (exact) mass is 436 g/mol. The molecule has 4 heteroatoms. The Bertz CT molecular complexity index is 1040. The van der Waals surface area contributed by atoms with Crippen molar-refractivity contribution in [1.29, 1.82) is 0 Å². The van der Waals surface area contributed by atoms with Gasteiger partial charge in [-0.1, -0.05) is 36.4 Å². The topological polar surface area (TPSA) is 22.6 Å². The van der Waals surface area contributed by atoms with Crippen LogP contribution in [0.4, 0.5) is 17.1 Å². The van der Waals surface area contributed by atoms with E-state index in [1.807, 2.05) is 0 Å². The molecule has 1 heterocycles. The third-order valence-corrected chi connectivity index (χ3v) is 5.90. The first kappa shape index (κ1) is 22.4. The van der Waals surface area contributed by atoms with Gasteiger partial charge in [-0.05, 0) is 59.7 Å². The SMILES string of the molecule is CN(C)c1ccc(-c2cc(-c3ccc(N(C)C)cc3)nc(-c3ccc(N(C)C)cc3)c2)cc1. The second-order valence-electron chi connectivity index (χ2n) is 8.95. The summed E-state index contributed by atoms with van der Waals surface area (Å²) in [5, 5.41) is 0. The first-order chi connectivity index (χ1) is 15.8. The summed E-state index contributed by atoms with van der Waals surface area (Å²) in [7, 11) is 12.3. The van der Waals surface area contributed by atoms with E-state index >= 15 is 0 Å². The van der Waals surface area contributed by atoms with Gasteiger partial charge in [0.05, 0.1) is 11.4 Å². The minimum absolute atomic E-state index is 0.973. The van der Waals surface area contributed by atoms with Gasteiger partial charge in [0.1, 0.15) is 0 Å². The molecule has 3 aromatic carbocycles. The van der Waals surface area contributed by atoms with Gasteiger partial charge < -0.3 is 14.7 Å². The van der Waals surface area contributed by atoms with Gasteiger partial charge in [-0.2, -0.15) is 0 Å². The molecular weight excluding hydrogens is 404 g/mol. The first-order valence-corrected chi connectivity index (χ1v) is 11.2. The lowest BCUT2D eigenvalue weighted by Crippen LogP contribution is -2.08. The smallest absolute Gasteiger partial charge is 0.0715 e. The number of hydrogen-bond donors (Lipinski definition) is 0. The predicted octanol–water partition coefficient (Wildman–Crippen LogP) is 6.28. The molecule has 0 aliphatic heterocycles. The second kappa shape index (κ2) is 9.37. The Morgan fingerprint density at radius 2 is 0.697 bits per heavy atom. The van der Waals surface area contributed by atoms with Crippen molar-refractivity contribution in [3.63, 3.8) is 0 Å². The molecule has 0 aliphatic rings. The van der Waals surface area contributed by atoms with Crippen LogP contribution in [0, 0.1) is 0 Å². The van der Waals surface area contributed by atoms with E-state index in [4.69, 9.17) is 4.98 Å². The van der Waals surface area contributed by atoms with Crippen LogP contribution < -0.4 is 14.7 Å². The maximum absolute atomic E-state index is 5.06. The average Bonchev–Trinajstić information content (AvgIpc) is 2.84. The van der Waals surface area contributed by atoms with Crippen molar-refractivity contribution in [3.8, 4) is 33.6 Å². The van der Waals surface area contributed by atoms with Crippen molar-refractivity contribution in [3.05, 3.63) is 84.9 Å². The third kappa shape index (κ3) is 5.01. The Morgan fingerprint density at radius 1 is 0.394 bits per heavy atom. The maximum Gasteiger partial charge on any atom is 0.0715 e. The Morgan fingerprint density at radius 3 is 1.00 bits per heavy atom. The molecule has 0 saturated heterocycles. The number of anilines is 3. The highest BCUT2D eigenvalue weighted by Gasteiger charge is 2.10. The van der Waals surface area contributed by atoms with E-state index in [0.29, 0.717) is 0 Å². The molecule has 33 heavy (non-hydrogen) atoms. The van der Waals surface area contributed by atoms with Crippen LogP contribution in [0.25, 0.3) is 33.6 Å². The molecule has 0 aliphatic carbocycles. The van der Waals surface area contributed by atoms with Crippen LogP contribution in [0.5, 0.6) is 0 Å². The van der Waals surface area contributed by atoms with Crippen molar-refractivity contribution < 1.29 is 0 Å². The van der Waals surface area contributed by atoms with E-state index in [0.717, 1.165) is 28.1 Å². The van der Waals surface area contributed by atoms with Gasteiger partial charge in [-0.15, -0.1) is 0 Å². The first-order valence-electron chi connectivity index (χ1n) is 11.2. The van der Waals surface area contributed by atoms with Crippen LogP contribution in [0.15, 0.2) is 84.9 Å². The normalized spacial score (nSPS) is 10.7. The molecule has 0 amide bonds. The summed E-state index contributed by atoms with van der Waals surface area (Å²) in [6.07, 6.45) is 0. The zero-order valence-corrected chi connectivity index (χ0v) is 20.4. The van der Waals surface area contributed by atoms with E-state index in [-0.39, 0.29) is 0 Å². The highest BCUT2D eigenvalue weighted by Crippen LogP contribution is 2.32. The third-order valence-electron chi connectivity index (χ3n) is 5.90. The van der Waals surface area contributed by atoms with Crippen LogP contribution >= 0.6 is 0 Å². The molecular formula is C29H32N4. The molecule has 0 saturated carbocycles. The molecule has 0 spiro atoms. The van der Waals surface area contributed by atoms with Gasteiger partial charge in [0.25, 0.3) is 0 Å². The van der Waals surface area contributed by atoms with Gasteiger partial charge in [-0.3, -0.25) is 0 Å². The van der Waals surface area contributed by atoms with Crippen molar-refractivity contribution in [2.24, 2.45) is 0 Å². The lowest BCUT2D eigenvalue weighted by Gasteiger charge is -2.16. The Balaban J connectivity index is 1.81. The standard InChI is InChI=1S/C29H32N4/c1-31(2)25-13-7-21(8-14-25)24-19-28(22-9-15-26(16-10-22)32(3)4)30-29(20-24)23-11-17-27(18-12-23)33(5)6/h7-20H,1-6H3. The quantitative estimate of drug-likeness (QED) is 0.355. The number of benzene rings is 3. The molecule has 0 radical (unpaired) electrons. The van der Waals surface area contributed by atoms with E-state index < -0.39 is 0 Å². The summed E-state index contributed by atoms with van der Waals surface area (Å²) in [6, 6.07) is 30.2. The molecule has 1 aromatic heterocycles. The molecule has 0 bridgehead atoms. The summed E-state index contributed by atoms with van der Waals surface area (Å²) in [5.41, 5.74) is 10.0. The lowest BCUT2D eigenvalue weighted by atomic mass is 9.99. The van der Waals surface area contributed by atoms with Gasteiger partial charge in [0, 0.05) is 70.5 Å². The Hall–Kier alpha value is -3.79. The molecule has 4 rings (SSSR count). The van der Waals surface area contributed by atoms with Crippen LogP contribution in [0.3, 0.4) is 0 Å². The molecule has 0 unspecified atom stereocenters. The van der Waals surface area contributed by atoms with Crippen LogP contribution in [-0.4, -0.2) is 47.3 Å². The predicted molar refractivity (Wildman–Crippen MR) is 144 cm³/mol. The second-order valence-corrected chi connectivity index (χ2v) is 8.95. The van der Waals surface area contributed by atoms with Crippen molar-refractivity contribution in [1.82, 2.24) is 4.98 Å². The van der Waals surface area contributed by atoms with E-state index in [1.165, 1.54) is 22.6 Å². The van der Waals surface area contributed by atoms with E-state index in [1.54, 1.807) is 0 Å². The number of pyridine rings is 1. The largest absolute Gasteiger partial charge is 0.378 e. The van der Waals surface area contributed by atoms with Gasteiger partial charge in [0.2, 0.25) is 0 Å². The number of rotatable bonds is 6. The molecule has 0 N–H and O–H groups in total.